The Hall–Kier alpha value is -4.52. The van der Waals surface area contributed by atoms with Crippen LogP contribution in [0.2, 0.25) is 0 Å². The number of hydrogen-bond donors (Lipinski definition) is 1. The molecule has 0 bridgehead atoms. The van der Waals surface area contributed by atoms with Gasteiger partial charge in [-0.3, -0.25) is 24.0 Å². The zero-order chi connectivity index (χ0) is 32.1. The molecule has 0 aliphatic heterocycles. The molecule has 230 valence electrons. The predicted octanol–water partition coefficient (Wildman–Crippen LogP) is 4.58. The Bertz CT molecular complexity index is 1590. The molecule has 2 amide bonds. The number of nitro groups is 1. The molecule has 3 aromatic rings. The minimum atomic E-state index is -4.54. The number of halogens is 1. The summed E-state index contributed by atoms with van der Waals surface area (Å²) < 4.78 is 47.6. The molecule has 3 aromatic carbocycles. The summed E-state index contributed by atoms with van der Waals surface area (Å²) in [6.45, 7) is 7.47. The first kappa shape index (κ1) is 33.0. The second-order valence-electron chi connectivity index (χ2n) is 11.0. The summed E-state index contributed by atoms with van der Waals surface area (Å²) in [6, 6.07) is 13.7. The summed E-state index contributed by atoms with van der Waals surface area (Å²) in [7, 11) is -3.10. The molecule has 3 rings (SSSR count). The van der Waals surface area contributed by atoms with E-state index in [2.05, 4.69) is 5.32 Å². The fraction of sp³-hybridized carbons (Fsp3) is 0.333. The SMILES string of the molecule is COc1ccc(N(CC(=O)N(Cc2ccc(F)cc2)[C@@H](C)C(=O)NC(C)(C)C)S(=O)(=O)c2ccc(C)c([N+](=O)[O-])c2)cc1. The largest absolute Gasteiger partial charge is 0.497 e. The van der Waals surface area contributed by atoms with Crippen molar-refractivity contribution in [3.8, 4) is 5.75 Å². The maximum atomic E-state index is 14.0. The number of benzene rings is 3. The van der Waals surface area contributed by atoms with Gasteiger partial charge in [0.2, 0.25) is 11.8 Å². The number of rotatable bonds is 11. The van der Waals surface area contributed by atoms with Crippen LogP contribution in [0.25, 0.3) is 0 Å². The Balaban J connectivity index is 2.10. The highest BCUT2D eigenvalue weighted by Gasteiger charge is 2.34. The lowest BCUT2D eigenvalue weighted by molar-refractivity contribution is -0.385. The van der Waals surface area contributed by atoms with Gasteiger partial charge in [0.05, 0.1) is 22.6 Å². The highest BCUT2D eigenvalue weighted by Crippen LogP contribution is 2.29. The second kappa shape index (κ2) is 13.2. The maximum absolute atomic E-state index is 14.0. The number of carbonyl (C=O) groups is 2. The number of hydrogen-bond acceptors (Lipinski definition) is 7. The number of nitrogens with one attached hydrogen (secondary N) is 1. The fourth-order valence-electron chi connectivity index (χ4n) is 4.19. The van der Waals surface area contributed by atoms with Crippen LogP contribution >= 0.6 is 0 Å². The van der Waals surface area contributed by atoms with E-state index in [-0.39, 0.29) is 17.8 Å². The number of aryl methyl sites for hydroxylation is 1. The molecule has 0 aromatic heterocycles. The molecular weight excluding hydrogens is 579 g/mol. The van der Waals surface area contributed by atoms with E-state index in [4.69, 9.17) is 4.74 Å². The van der Waals surface area contributed by atoms with E-state index in [0.29, 0.717) is 11.3 Å². The first-order valence-corrected chi connectivity index (χ1v) is 14.8. The summed E-state index contributed by atoms with van der Waals surface area (Å²) in [5.74, 6) is -1.26. The molecule has 0 spiro atoms. The smallest absolute Gasteiger partial charge is 0.273 e. The van der Waals surface area contributed by atoms with Crippen LogP contribution in [-0.4, -0.2) is 55.3 Å². The van der Waals surface area contributed by atoms with E-state index in [1.54, 1.807) is 20.8 Å². The molecule has 0 unspecified atom stereocenters. The van der Waals surface area contributed by atoms with Crippen LogP contribution in [0.5, 0.6) is 5.75 Å². The van der Waals surface area contributed by atoms with Crippen LogP contribution in [0.4, 0.5) is 15.8 Å². The lowest BCUT2D eigenvalue weighted by atomic mass is 10.1. The van der Waals surface area contributed by atoms with E-state index in [0.717, 1.165) is 10.4 Å². The minimum Gasteiger partial charge on any atom is -0.497 e. The van der Waals surface area contributed by atoms with Gasteiger partial charge in [0.1, 0.15) is 24.2 Å². The van der Waals surface area contributed by atoms with Crippen molar-refractivity contribution in [3.05, 3.63) is 93.8 Å². The minimum absolute atomic E-state index is 0.0888. The molecular formula is C30H35FN4O7S. The first-order valence-electron chi connectivity index (χ1n) is 13.3. The molecule has 0 aliphatic carbocycles. The van der Waals surface area contributed by atoms with Crippen LogP contribution in [0.1, 0.15) is 38.8 Å². The average Bonchev–Trinajstić information content (AvgIpc) is 2.94. The van der Waals surface area contributed by atoms with Gasteiger partial charge in [-0.05, 0) is 82.6 Å². The number of anilines is 1. The van der Waals surface area contributed by atoms with Crippen LogP contribution in [0.3, 0.4) is 0 Å². The quantitative estimate of drug-likeness (QED) is 0.246. The first-order chi connectivity index (χ1) is 20.0. The van der Waals surface area contributed by atoms with Gasteiger partial charge < -0.3 is 15.0 Å². The molecule has 43 heavy (non-hydrogen) atoms. The number of carbonyl (C=O) groups excluding carboxylic acids is 2. The number of sulfonamides is 1. The third-order valence-corrected chi connectivity index (χ3v) is 8.31. The van der Waals surface area contributed by atoms with Crippen molar-refractivity contribution < 1.29 is 32.1 Å². The van der Waals surface area contributed by atoms with Gasteiger partial charge in [0, 0.05) is 23.7 Å². The topological polar surface area (TPSA) is 139 Å². The van der Waals surface area contributed by atoms with Gasteiger partial charge in [0.15, 0.2) is 0 Å². The van der Waals surface area contributed by atoms with E-state index in [1.807, 2.05) is 0 Å². The standard InChI is InChI=1S/C30H35FN4O7S/c1-20-7-16-26(17-27(20)35(38)39)43(40,41)34(24-12-14-25(42-6)15-13-24)19-28(36)33(18-22-8-10-23(31)11-9-22)21(2)29(37)32-30(3,4)5/h7-17,21H,18-19H2,1-6H3,(H,32,37)/t21-/m0/s1. The molecule has 0 radical (unpaired) electrons. The predicted molar refractivity (Wildman–Crippen MR) is 160 cm³/mol. The highest BCUT2D eigenvalue weighted by molar-refractivity contribution is 7.92. The number of nitrogens with zero attached hydrogens (tertiary/aromatic N) is 3. The summed E-state index contributed by atoms with van der Waals surface area (Å²) in [6.07, 6.45) is 0. The van der Waals surface area contributed by atoms with Crippen molar-refractivity contribution in [2.45, 2.75) is 57.6 Å². The maximum Gasteiger partial charge on any atom is 0.273 e. The normalized spacial score (nSPS) is 12.3. The van der Waals surface area contributed by atoms with Crippen molar-refractivity contribution in [2.75, 3.05) is 18.0 Å². The lowest BCUT2D eigenvalue weighted by Crippen LogP contribution is -2.54. The zero-order valence-corrected chi connectivity index (χ0v) is 25.6. The van der Waals surface area contributed by atoms with Crippen molar-refractivity contribution in [2.24, 2.45) is 0 Å². The monoisotopic (exact) mass is 614 g/mol. The lowest BCUT2D eigenvalue weighted by Gasteiger charge is -2.33. The Morgan fingerprint density at radius 2 is 1.65 bits per heavy atom. The molecule has 0 fully saturated rings. The van der Waals surface area contributed by atoms with Crippen LogP contribution in [0.15, 0.2) is 71.6 Å². The summed E-state index contributed by atoms with van der Waals surface area (Å²) in [5, 5.41) is 14.4. The summed E-state index contributed by atoms with van der Waals surface area (Å²) in [4.78, 5) is 38.8. The Labute approximate surface area is 250 Å². The molecule has 1 N–H and O–H groups in total. The van der Waals surface area contributed by atoms with Gasteiger partial charge in [-0.1, -0.05) is 18.2 Å². The third kappa shape index (κ3) is 8.28. The van der Waals surface area contributed by atoms with E-state index < -0.39 is 61.3 Å². The second-order valence-corrected chi connectivity index (χ2v) is 12.8. The van der Waals surface area contributed by atoms with E-state index >= 15 is 0 Å². The molecule has 0 saturated heterocycles. The molecule has 1 atom stereocenters. The summed E-state index contributed by atoms with van der Waals surface area (Å²) in [5.41, 5.74) is -0.147. The third-order valence-electron chi connectivity index (χ3n) is 6.54. The molecule has 0 heterocycles. The number of ether oxygens (including phenoxy) is 1. The van der Waals surface area contributed by atoms with Crippen molar-refractivity contribution in [1.82, 2.24) is 10.2 Å². The van der Waals surface area contributed by atoms with Gasteiger partial charge in [-0.15, -0.1) is 0 Å². The van der Waals surface area contributed by atoms with Gasteiger partial charge in [-0.2, -0.15) is 0 Å². The van der Waals surface area contributed by atoms with Gasteiger partial charge in [-0.25, -0.2) is 12.8 Å². The van der Waals surface area contributed by atoms with Gasteiger partial charge in [0.25, 0.3) is 15.7 Å². The number of amides is 2. The molecule has 11 nitrogen and oxygen atoms in total. The van der Waals surface area contributed by atoms with Crippen molar-refractivity contribution in [1.29, 1.82) is 0 Å². The van der Waals surface area contributed by atoms with Crippen molar-refractivity contribution in [3.63, 3.8) is 0 Å². The number of nitro benzene ring substituents is 1. The average molecular weight is 615 g/mol. The highest BCUT2D eigenvalue weighted by atomic mass is 32.2. The molecule has 13 heteroatoms. The van der Waals surface area contributed by atoms with Crippen LogP contribution < -0.4 is 14.4 Å². The fourth-order valence-corrected chi connectivity index (χ4v) is 5.63. The Morgan fingerprint density at radius 3 is 2.19 bits per heavy atom. The van der Waals surface area contributed by atoms with Crippen LogP contribution in [0, 0.1) is 22.9 Å². The molecule has 0 aliphatic rings. The van der Waals surface area contributed by atoms with Crippen molar-refractivity contribution >= 4 is 33.2 Å². The molecule has 0 saturated carbocycles. The Kier molecular flexibility index (Phi) is 10.1. The Morgan fingerprint density at radius 1 is 1.05 bits per heavy atom. The van der Waals surface area contributed by atoms with Gasteiger partial charge >= 0.3 is 0 Å². The summed E-state index contributed by atoms with van der Waals surface area (Å²) >= 11 is 0. The number of methoxy groups -OCH3 is 1. The van der Waals surface area contributed by atoms with E-state index in [9.17, 15) is 32.5 Å². The van der Waals surface area contributed by atoms with Crippen LogP contribution in [-0.2, 0) is 26.2 Å². The zero-order valence-electron chi connectivity index (χ0n) is 24.8. The van der Waals surface area contributed by atoms with E-state index in [1.165, 1.54) is 86.5 Å².